The van der Waals surface area contributed by atoms with Crippen LogP contribution in [0.2, 0.25) is 0 Å². The number of ether oxygens (including phenoxy) is 1. The Morgan fingerprint density at radius 1 is 1.40 bits per heavy atom. The third-order valence-electron chi connectivity index (χ3n) is 3.59. The van der Waals surface area contributed by atoms with Crippen molar-refractivity contribution in [1.82, 2.24) is 4.72 Å². The van der Waals surface area contributed by atoms with Gasteiger partial charge < -0.3 is 10.5 Å². The summed E-state index contributed by atoms with van der Waals surface area (Å²) in [6.07, 6.45) is 5.14. The van der Waals surface area contributed by atoms with Gasteiger partial charge in [0.05, 0.1) is 12.2 Å². The average Bonchev–Trinajstić information content (AvgIpc) is 2.41. The molecule has 3 N–H and O–H groups in total. The van der Waals surface area contributed by atoms with Gasteiger partial charge in [0.1, 0.15) is 0 Å². The molecule has 0 bridgehead atoms. The standard InChI is InChI=1S/C13H25N3O3S/c1-2-13(10-14)20(17,18)16-8-3-9-19-12-6-4-11(15)5-7-12/h11-13,16H,2-9,15H2,1H3. The topological polar surface area (TPSA) is 105 Å². The Labute approximate surface area is 121 Å². The van der Waals surface area contributed by atoms with Crippen LogP contribution in [0.3, 0.4) is 0 Å². The van der Waals surface area contributed by atoms with Gasteiger partial charge in [-0.25, -0.2) is 13.1 Å². The average molecular weight is 303 g/mol. The van der Waals surface area contributed by atoms with Crippen LogP contribution >= 0.6 is 0 Å². The Bertz CT molecular complexity index is 411. The molecule has 6 nitrogen and oxygen atoms in total. The number of nitrogens with zero attached hydrogens (tertiary/aromatic N) is 1. The number of hydrogen-bond donors (Lipinski definition) is 2. The highest BCUT2D eigenvalue weighted by Gasteiger charge is 2.22. The van der Waals surface area contributed by atoms with E-state index in [0.29, 0.717) is 32.0 Å². The van der Waals surface area contributed by atoms with Gasteiger partial charge in [-0.3, -0.25) is 0 Å². The highest BCUT2D eigenvalue weighted by atomic mass is 32.2. The minimum atomic E-state index is -3.52. The molecule has 7 heteroatoms. The van der Waals surface area contributed by atoms with Crippen LogP contribution in [0.25, 0.3) is 0 Å². The smallest absolute Gasteiger partial charge is 0.227 e. The predicted octanol–water partition coefficient (Wildman–Crippen LogP) is 0.885. The molecule has 0 amide bonds. The maximum atomic E-state index is 11.7. The molecule has 1 rings (SSSR count). The lowest BCUT2D eigenvalue weighted by Crippen LogP contribution is -2.34. The van der Waals surface area contributed by atoms with Crippen molar-refractivity contribution < 1.29 is 13.2 Å². The summed E-state index contributed by atoms with van der Waals surface area (Å²) in [5, 5.41) is 7.78. The first-order valence-corrected chi connectivity index (χ1v) is 8.79. The lowest BCUT2D eigenvalue weighted by atomic mass is 9.94. The normalized spacial score (nSPS) is 25.1. The monoisotopic (exact) mass is 303 g/mol. The first-order valence-electron chi connectivity index (χ1n) is 7.25. The molecule has 0 aromatic heterocycles. The Balaban J connectivity index is 2.15. The molecule has 1 aliphatic rings. The van der Waals surface area contributed by atoms with E-state index in [1.807, 2.05) is 0 Å². The molecule has 0 saturated heterocycles. The second kappa shape index (κ2) is 8.57. The zero-order valence-electron chi connectivity index (χ0n) is 12.0. The van der Waals surface area contributed by atoms with Crippen LogP contribution in [0.1, 0.15) is 45.4 Å². The third-order valence-corrected chi connectivity index (χ3v) is 5.38. The fourth-order valence-corrected chi connectivity index (χ4v) is 3.48. The summed E-state index contributed by atoms with van der Waals surface area (Å²) in [7, 11) is -3.52. The molecular formula is C13H25N3O3S. The van der Waals surface area contributed by atoms with Gasteiger partial charge in [-0.05, 0) is 38.5 Å². The number of nitriles is 1. The number of nitrogens with two attached hydrogens (primary N) is 1. The van der Waals surface area contributed by atoms with Crippen LogP contribution in [0.15, 0.2) is 0 Å². The van der Waals surface area contributed by atoms with E-state index in [1.54, 1.807) is 13.0 Å². The van der Waals surface area contributed by atoms with Crippen molar-refractivity contribution in [2.75, 3.05) is 13.2 Å². The van der Waals surface area contributed by atoms with Crippen LogP contribution < -0.4 is 10.5 Å². The SMILES string of the molecule is CCC(C#N)S(=O)(=O)NCCCOC1CCC(N)CC1. The largest absolute Gasteiger partial charge is 0.378 e. The first-order chi connectivity index (χ1) is 9.49. The van der Waals surface area contributed by atoms with Crippen molar-refractivity contribution >= 4 is 10.0 Å². The highest BCUT2D eigenvalue weighted by Crippen LogP contribution is 2.19. The van der Waals surface area contributed by atoms with Gasteiger partial charge in [0.15, 0.2) is 5.25 Å². The first kappa shape index (κ1) is 17.4. The van der Waals surface area contributed by atoms with E-state index in [-0.39, 0.29) is 6.10 Å². The van der Waals surface area contributed by atoms with Gasteiger partial charge in [-0.1, -0.05) is 6.92 Å². The van der Waals surface area contributed by atoms with E-state index in [1.165, 1.54) is 0 Å². The summed E-state index contributed by atoms with van der Waals surface area (Å²) in [6.45, 7) is 2.53. The summed E-state index contributed by atoms with van der Waals surface area (Å²) in [6, 6.07) is 2.10. The van der Waals surface area contributed by atoms with E-state index in [4.69, 9.17) is 15.7 Å². The summed E-state index contributed by atoms with van der Waals surface area (Å²) >= 11 is 0. The molecule has 1 fully saturated rings. The number of rotatable bonds is 8. The van der Waals surface area contributed by atoms with Crippen molar-refractivity contribution in [1.29, 1.82) is 5.26 Å². The Morgan fingerprint density at radius 2 is 2.05 bits per heavy atom. The summed E-state index contributed by atoms with van der Waals surface area (Å²) in [5.74, 6) is 0. The maximum Gasteiger partial charge on any atom is 0.227 e. The molecule has 0 radical (unpaired) electrons. The van der Waals surface area contributed by atoms with Crippen molar-refractivity contribution in [3.8, 4) is 6.07 Å². The maximum absolute atomic E-state index is 11.7. The van der Waals surface area contributed by atoms with E-state index in [2.05, 4.69) is 4.72 Å². The van der Waals surface area contributed by atoms with Crippen molar-refractivity contribution in [2.24, 2.45) is 5.73 Å². The third kappa shape index (κ3) is 5.75. The summed E-state index contributed by atoms with van der Waals surface area (Å²) < 4.78 is 31.6. The minimum Gasteiger partial charge on any atom is -0.378 e. The molecule has 1 aliphatic carbocycles. The zero-order valence-corrected chi connectivity index (χ0v) is 12.9. The van der Waals surface area contributed by atoms with Gasteiger partial charge >= 0.3 is 0 Å². The number of nitrogens with one attached hydrogen (secondary N) is 1. The molecule has 1 atom stereocenters. The van der Waals surface area contributed by atoms with Gasteiger partial charge in [0.25, 0.3) is 0 Å². The van der Waals surface area contributed by atoms with E-state index >= 15 is 0 Å². The lowest BCUT2D eigenvalue weighted by Gasteiger charge is -2.26. The summed E-state index contributed by atoms with van der Waals surface area (Å²) in [4.78, 5) is 0. The van der Waals surface area contributed by atoms with E-state index in [0.717, 1.165) is 25.7 Å². The lowest BCUT2D eigenvalue weighted by molar-refractivity contribution is 0.0245. The molecule has 20 heavy (non-hydrogen) atoms. The molecule has 0 aromatic rings. The van der Waals surface area contributed by atoms with Gasteiger partial charge in [-0.15, -0.1) is 0 Å². The van der Waals surface area contributed by atoms with Crippen molar-refractivity contribution in [3.63, 3.8) is 0 Å². The van der Waals surface area contributed by atoms with E-state index < -0.39 is 15.3 Å². The second-order valence-corrected chi connectivity index (χ2v) is 7.17. The van der Waals surface area contributed by atoms with E-state index in [9.17, 15) is 8.42 Å². The molecule has 116 valence electrons. The quantitative estimate of drug-likeness (QED) is 0.648. The molecule has 0 aliphatic heterocycles. The van der Waals surface area contributed by atoms with Gasteiger partial charge in [0, 0.05) is 19.2 Å². The molecule has 0 heterocycles. The molecule has 1 unspecified atom stereocenters. The Morgan fingerprint density at radius 3 is 2.60 bits per heavy atom. The molecule has 0 aromatic carbocycles. The number of hydrogen-bond acceptors (Lipinski definition) is 5. The Hall–Kier alpha value is -0.680. The molecule has 1 saturated carbocycles. The summed E-state index contributed by atoms with van der Waals surface area (Å²) in [5.41, 5.74) is 5.82. The zero-order chi connectivity index (χ0) is 15.0. The van der Waals surface area contributed by atoms with Gasteiger partial charge in [-0.2, -0.15) is 5.26 Å². The highest BCUT2D eigenvalue weighted by molar-refractivity contribution is 7.90. The second-order valence-electron chi connectivity index (χ2n) is 5.23. The van der Waals surface area contributed by atoms with Crippen molar-refractivity contribution in [2.45, 2.75) is 62.8 Å². The predicted molar refractivity (Wildman–Crippen MR) is 77.4 cm³/mol. The Kier molecular flexibility index (Phi) is 7.45. The minimum absolute atomic E-state index is 0.258. The van der Waals surface area contributed by atoms with Crippen LogP contribution in [-0.4, -0.2) is 39.0 Å². The van der Waals surface area contributed by atoms with Crippen molar-refractivity contribution in [3.05, 3.63) is 0 Å². The fourth-order valence-electron chi connectivity index (χ4n) is 2.27. The van der Waals surface area contributed by atoms with Crippen LogP contribution in [0, 0.1) is 11.3 Å². The molecular weight excluding hydrogens is 278 g/mol. The van der Waals surface area contributed by atoms with Crippen LogP contribution in [0.5, 0.6) is 0 Å². The van der Waals surface area contributed by atoms with Crippen LogP contribution in [-0.2, 0) is 14.8 Å². The van der Waals surface area contributed by atoms with Gasteiger partial charge in [0.2, 0.25) is 10.0 Å². The molecule has 0 spiro atoms. The number of sulfonamides is 1. The fraction of sp³-hybridized carbons (Fsp3) is 0.923. The van der Waals surface area contributed by atoms with Crippen LogP contribution in [0.4, 0.5) is 0 Å².